The van der Waals surface area contributed by atoms with Crippen LogP contribution in [-0.4, -0.2) is 27.0 Å². The first kappa shape index (κ1) is 11.3. The number of H-pyrrole nitrogens is 1. The van der Waals surface area contributed by atoms with Crippen LogP contribution in [0.1, 0.15) is 12.5 Å². The Morgan fingerprint density at radius 2 is 2.39 bits per heavy atom. The summed E-state index contributed by atoms with van der Waals surface area (Å²) in [6, 6.07) is 6.39. The van der Waals surface area contributed by atoms with E-state index in [4.69, 9.17) is 0 Å². The summed E-state index contributed by atoms with van der Waals surface area (Å²) in [6.45, 7) is 8.40. The quantitative estimate of drug-likeness (QED) is 0.816. The average molecular weight is 243 g/mol. The fraction of sp³-hybridized carbons (Fsp3) is 0.357. The van der Waals surface area contributed by atoms with Crippen molar-refractivity contribution in [3.05, 3.63) is 46.9 Å². The zero-order valence-corrected chi connectivity index (χ0v) is 10.5. The topological polar surface area (TPSA) is 41.0 Å². The molecule has 1 aromatic heterocycles. The predicted octanol–water partition coefficient (Wildman–Crippen LogP) is 1.72. The van der Waals surface area contributed by atoms with Gasteiger partial charge in [0.25, 0.3) is 0 Å². The lowest BCUT2D eigenvalue weighted by Gasteiger charge is -2.25. The number of para-hydroxylation sites is 1. The molecular formula is C14H17N3O. The lowest BCUT2D eigenvalue weighted by Crippen LogP contribution is -2.35. The zero-order chi connectivity index (χ0) is 12.7. The summed E-state index contributed by atoms with van der Waals surface area (Å²) in [5, 5.41) is 0. The van der Waals surface area contributed by atoms with Gasteiger partial charge < -0.3 is 4.98 Å². The van der Waals surface area contributed by atoms with Crippen LogP contribution in [-0.2, 0) is 13.1 Å². The molecule has 94 valence electrons. The SMILES string of the molecule is C=CCN1Cc2cccc3[nH]c(=O)n(c23)C[C@@H]1C. The second kappa shape index (κ2) is 4.14. The van der Waals surface area contributed by atoms with Crippen LogP contribution in [0.4, 0.5) is 0 Å². The lowest BCUT2D eigenvalue weighted by molar-refractivity contribution is 0.210. The van der Waals surface area contributed by atoms with Crippen LogP contribution in [0, 0.1) is 0 Å². The summed E-state index contributed by atoms with van der Waals surface area (Å²) in [4.78, 5) is 17.3. The molecule has 4 heteroatoms. The van der Waals surface area contributed by atoms with Crippen molar-refractivity contribution in [1.29, 1.82) is 0 Å². The molecule has 18 heavy (non-hydrogen) atoms. The number of hydrogen-bond acceptors (Lipinski definition) is 2. The lowest BCUT2D eigenvalue weighted by atomic mass is 10.1. The zero-order valence-electron chi connectivity index (χ0n) is 10.5. The molecule has 1 aromatic carbocycles. The molecule has 0 spiro atoms. The largest absolute Gasteiger partial charge is 0.326 e. The van der Waals surface area contributed by atoms with Crippen molar-refractivity contribution < 1.29 is 0 Å². The molecular weight excluding hydrogens is 226 g/mol. The van der Waals surface area contributed by atoms with E-state index in [0.717, 1.165) is 30.7 Å². The summed E-state index contributed by atoms with van der Waals surface area (Å²) in [5.41, 5.74) is 3.19. The van der Waals surface area contributed by atoms with E-state index in [1.807, 2.05) is 22.8 Å². The molecule has 1 aliphatic rings. The number of nitrogens with zero attached hydrogens (tertiary/aromatic N) is 2. The van der Waals surface area contributed by atoms with E-state index in [9.17, 15) is 4.79 Å². The van der Waals surface area contributed by atoms with Crippen LogP contribution in [0.5, 0.6) is 0 Å². The minimum atomic E-state index is -0.00949. The van der Waals surface area contributed by atoms with E-state index in [0.29, 0.717) is 6.04 Å². The summed E-state index contributed by atoms with van der Waals surface area (Å²) in [5.74, 6) is 0. The second-order valence-corrected chi connectivity index (χ2v) is 4.92. The Kier molecular flexibility index (Phi) is 2.59. The molecule has 1 N–H and O–H groups in total. The van der Waals surface area contributed by atoms with Gasteiger partial charge in [0.2, 0.25) is 0 Å². The molecule has 0 unspecified atom stereocenters. The van der Waals surface area contributed by atoms with Crippen molar-refractivity contribution in [2.75, 3.05) is 6.54 Å². The van der Waals surface area contributed by atoms with Gasteiger partial charge in [-0.1, -0.05) is 18.2 Å². The van der Waals surface area contributed by atoms with Crippen LogP contribution in [0.3, 0.4) is 0 Å². The van der Waals surface area contributed by atoms with Gasteiger partial charge in [0.05, 0.1) is 11.0 Å². The van der Waals surface area contributed by atoms with Crippen molar-refractivity contribution in [2.24, 2.45) is 0 Å². The normalized spacial score (nSPS) is 19.9. The Hall–Kier alpha value is -1.81. The second-order valence-electron chi connectivity index (χ2n) is 4.92. The average Bonchev–Trinajstić information content (AvgIpc) is 2.57. The monoisotopic (exact) mass is 243 g/mol. The van der Waals surface area contributed by atoms with Gasteiger partial charge in [0.15, 0.2) is 0 Å². The van der Waals surface area contributed by atoms with Gasteiger partial charge in [-0.2, -0.15) is 0 Å². The highest BCUT2D eigenvalue weighted by atomic mass is 16.1. The Morgan fingerprint density at radius 1 is 1.56 bits per heavy atom. The smallest absolute Gasteiger partial charge is 0.306 e. The first-order valence-corrected chi connectivity index (χ1v) is 6.26. The maximum atomic E-state index is 12.0. The summed E-state index contributed by atoms with van der Waals surface area (Å²) < 4.78 is 1.86. The molecule has 0 saturated heterocycles. The molecule has 3 rings (SSSR count). The predicted molar refractivity (Wildman–Crippen MR) is 72.6 cm³/mol. The number of rotatable bonds is 2. The number of imidazole rings is 1. The van der Waals surface area contributed by atoms with Gasteiger partial charge in [-0.25, -0.2) is 4.79 Å². The number of nitrogens with one attached hydrogen (secondary N) is 1. The molecule has 0 fully saturated rings. The molecule has 0 saturated carbocycles. The van der Waals surface area contributed by atoms with Crippen LogP contribution < -0.4 is 5.69 Å². The fourth-order valence-electron chi connectivity index (χ4n) is 2.76. The molecule has 4 nitrogen and oxygen atoms in total. The van der Waals surface area contributed by atoms with Gasteiger partial charge in [-0.05, 0) is 18.6 Å². The number of aromatic amines is 1. The molecule has 2 heterocycles. The summed E-state index contributed by atoms with van der Waals surface area (Å²) >= 11 is 0. The maximum Gasteiger partial charge on any atom is 0.326 e. The molecule has 2 aromatic rings. The Labute approximate surface area is 106 Å². The van der Waals surface area contributed by atoms with Crippen molar-refractivity contribution in [2.45, 2.75) is 26.1 Å². The third-order valence-corrected chi connectivity index (χ3v) is 3.68. The Bertz CT molecular complexity index is 653. The van der Waals surface area contributed by atoms with E-state index >= 15 is 0 Å². The highest BCUT2D eigenvalue weighted by Gasteiger charge is 2.22. The van der Waals surface area contributed by atoms with Gasteiger partial charge in [-0.15, -0.1) is 6.58 Å². The molecule has 0 radical (unpaired) electrons. The van der Waals surface area contributed by atoms with Crippen molar-refractivity contribution in [3.8, 4) is 0 Å². The first-order chi connectivity index (χ1) is 8.70. The number of hydrogen-bond donors (Lipinski definition) is 1. The van der Waals surface area contributed by atoms with Gasteiger partial charge in [-0.3, -0.25) is 9.47 Å². The fourth-order valence-corrected chi connectivity index (χ4v) is 2.76. The van der Waals surface area contributed by atoms with Gasteiger partial charge in [0.1, 0.15) is 0 Å². The van der Waals surface area contributed by atoms with E-state index in [2.05, 4.69) is 29.5 Å². The van der Waals surface area contributed by atoms with Crippen LogP contribution in [0.2, 0.25) is 0 Å². The van der Waals surface area contributed by atoms with E-state index in [1.165, 1.54) is 5.56 Å². The van der Waals surface area contributed by atoms with Crippen molar-refractivity contribution >= 4 is 11.0 Å². The van der Waals surface area contributed by atoms with Gasteiger partial charge >= 0.3 is 5.69 Å². The van der Waals surface area contributed by atoms with Crippen LogP contribution in [0.25, 0.3) is 11.0 Å². The van der Waals surface area contributed by atoms with E-state index in [1.54, 1.807) is 0 Å². The third-order valence-electron chi connectivity index (χ3n) is 3.68. The first-order valence-electron chi connectivity index (χ1n) is 6.26. The highest BCUT2D eigenvalue weighted by Crippen LogP contribution is 2.23. The van der Waals surface area contributed by atoms with Gasteiger partial charge in [0, 0.05) is 25.7 Å². The van der Waals surface area contributed by atoms with E-state index in [-0.39, 0.29) is 5.69 Å². The maximum absolute atomic E-state index is 12.0. The van der Waals surface area contributed by atoms with E-state index < -0.39 is 0 Å². The molecule has 0 amide bonds. The Balaban J connectivity index is 2.20. The van der Waals surface area contributed by atoms with Crippen molar-refractivity contribution in [3.63, 3.8) is 0 Å². The molecule has 0 bridgehead atoms. The van der Waals surface area contributed by atoms with Crippen molar-refractivity contribution in [1.82, 2.24) is 14.5 Å². The van der Waals surface area contributed by atoms with Crippen LogP contribution >= 0.6 is 0 Å². The third kappa shape index (κ3) is 1.61. The molecule has 1 aliphatic heterocycles. The highest BCUT2D eigenvalue weighted by molar-refractivity contribution is 5.79. The van der Waals surface area contributed by atoms with Crippen LogP contribution in [0.15, 0.2) is 35.6 Å². The minimum absolute atomic E-state index is 0.00949. The number of aromatic nitrogens is 2. The minimum Gasteiger partial charge on any atom is -0.306 e. The molecule has 0 aliphatic carbocycles. The molecule has 1 atom stereocenters. The summed E-state index contributed by atoms with van der Waals surface area (Å²) in [6.07, 6.45) is 1.92. The Morgan fingerprint density at radius 3 is 3.17 bits per heavy atom. The summed E-state index contributed by atoms with van der Waals surface area (Å²) in [7, 11) is 0. The standard InChI is InChI=1S/C14H17N3O/c1-3-7-16-9-11-5-4-6-12-13(11)17(8-10(16)2)14(18)15-12/h3-6,10H,1,7-9H2,2H3,(H,15,18)/t10-/m0/s1. The number of benzene rings is 1.